The van der Waals surface area contributed by atoms with Crippen LogP contribution in [0.3, 0.4) is 0 Å². The number of hydrogen-bond acceptors (Lipinski definition) is 4. The molecule has 0 aliphatic heterocycles. The monoisotopic (exact) mass is 387 g/mol. The molecule has 1 heterocycles. The fourth-order valence-corrected chi connectivity index (χ4v) is 2.74. The van der Waals surface area contributed by atoms with Gasteiger partial charge >= 0.3 is 0 Å². The third-order valence-corrected chi connectivity index (χ3v) is 4.45. The topological polar surface area (TPSA) is 88.2 Å². The van der Waals surface area contributed by atoms with Crippen molar-refractivity contribution in [3.05, 3.63) is 88.7 Å². The fourth-order valence-electron chi connectivity index (χ4n) is 2.74. The van der Waals surface area contributed by atoms with E-state index in [0.29, 0.717) is 11.3 Å². The standard InChI is InChI=1S/C23H21N3O3/c1-14-4-5-15(2)21(10-14)26-23(29)19-11-18(12-24-13-19)22(28)25-20-8-6-17(7-9-20)16(3)27/h4-13H,1-3H3,(H,25,28)(H,26,29). The van der Waals surface area contributed by atoms with E-state index in [-0.39, 0.29) is 22.8 Å². The summed E-state index contributed by atoms with van der Waals surface area (Å²) in [7, 11) is 0. The molecule has 2 amide bonds. The van der Waals surface area contributed by atoms with E-state index in [0.717, 1.165) is 16.8 Å². The van der Waals surface area contributed by atoms with Crippen LogP contribution in [0.4, 0.5) is 11.4 Å². The maximum Gasteiger partial charge on any atom is 0.257 e. The molecule has 6 nitrogen and oxygen atoms in total. The first kappa shape index (κ1) is 19.9. The summed E-state index contributed by atoms with van der Waals surface area (Å²) in [5, 5.41) is 5.59. The molecule has 1 aromatic heterocycles. The Morgan fingerprint density at radius 2 is 1.38 bits per heavy atom. The van der Waals surface area contributed by atoms with Crippen LogP contribution in [0.2, 0.25) is 0 Å². The van der Waals surface area contributed by atoms with Crippen LogP contribution in [0.1, 0.15) is 49.1 Å². The molecule has 2 aromatic carbocycles. The first-order valence-corrected chi connectivity index (χ1v) is 9.09. The van der Waals surface area contributed by atoms with Gasteiger partial charge in [0.05, 0.1) is 11.1 Å². The number of carbonyl (C=O) groups is 3. The Kier molecular flexibility index (Phi) is 5.83. The molecule has 0 bridgehead atoms. The molecular weight excluding hydrogens is 366 g/mol. The lowest BCUT2D eigenvalue weighted by Crippen LogP contribution is -2.16. The molecule has 0 atom stereocenters. The summed E-state index contributed by atoms with van der Waals surface area (Å²) >= 11 is 0. The SMILES string of the molecule is CC(=O)c1ccc(NC(=O)c2cncc(C(=O)Nc3cc(C)ccc3C)c2)cc1. The van der Waals surface area contributed by atoms with Gasteiger partial charge in [0.1, 0.15) is 0 Å². The highest BCUT2D eigenvalue weighted by Crippen LogP contribution is 2.18. The van der Waals surface area contributed by atoms with Gasteiger partial charge in [-0.15, -0.1) is 0 Å². The van der Waals surface area contributed by atoms with Crippen LogP contribution in [-0.2, 0) is 0 Å². The predicted octanol–water partition coefficient (Wildman–Crippen LogP) is 4.41. The number of carbonyl (C=O) groups excluding carboxylic acids is 3. The molecule has 0 radical (unpaired) electrons. The molecule has 6 heteroatoms. The third-order valence-electron chi connectivity index (χ3n) is 4.45. The van der Waals surface area contributed by atoms with E-state index in [1.807, 2.05) is 32.0 Å². The van der Waals surface area contributed by atoms with E-state index in [1.54, 1.807) is 24.3 Å². The van der Waals surface area contributed by atoms with Crippen molar-refractivity contribution in [2.45, 2.75) is 20.8 Å². The molecular formula is C23H21N3O3. The number of rotatable bonds is 5. The molecule has 3 aromatic rings. The minimum Gasteiger partial charge on any atom is -0.322 e. The number of Topliss-reactive ketones (excluding diaryl/α,β-unsaturated/α-hetero) is 1. The summed E-state index contributed by atoms with van der Waals surface area (Å²) in [6.07, 6.45) is 2.81. The molecule has 0 fully saturated rings. The van der Waals surface area contributed by atoms with Gasteiger partial charge in [-0.05, 0) is 68.3 Å². The average molecular weight is 387 g/mol. The molecule has 0 saturated carbocycles. The fraction of sp³-hybridized carbons (Fsp3) is 0.130. The number of anilines is 2. The van der Waals surface area contributed by atoms with Crippen LogP contribution in [-0.4, -0.2) is 22.6 Å². The van der Waals surface area contributed by atoms with Gasteiger partial charge in [-0.3, -0.25) is 19.4 Å². The molecule has 29 heavy (non-hydrogen) atoms. The Labute approximate surface area is 169 Å². The number of benzene rings is 2. The normalized spacial score (nSPS) is 10.3. The highest BCUT2D eigenvalue weighted by Gasteiger charge is 2.13. The Balaban J connectivity index is 1.74. The van der Waals surface area contributed by atoms with Gasteiger partial charge in [-0.2, -0.15) is 0 Å². The number of ketones is 1. The Hall–Kier alpha value is -3.80. The lowest BCUT2D eigenvalue weighted by Gasteiger charge is -2.10. The van der Waals surface area contributed by atoms with Crippen LogP contribution < -0.4 is 10.6 Å². The van der Waals surface area contributed by atoms with Crippen molar-refractivity contribution >= 4 is 29.0 Å². The van der Waals surface area contributed by atoms with Crippen molar-refractivity contribution in [1.29, 1.82) is 0 Å². The molecule has 2 N–H and O–H groups in total. The summed E-state index contributed by atoms with van der Waals surface area (Å²) in [6.45, 7) is 5.34. The second-order valence-electron chi connectivity index (χ2n) is 6.82. The summed E-state index contributed by atoms with van der Waals surface area (Å²) in [5.74, 6) is -0.782. The van der Waals surface area contributed by atoms with E-state index >= 15 is 0 Å². The van der Waals surface area contributed by atoms with Crippen molar-refractivity contribution in [3.8, 4) is 0 Å². The lowest BCUT2D eigenvalue weighted by atomic mass is 10.1. The van der Waals surface area contributed by atoms with Crippen LogP contribution in [0.15, 0.2) is 60.9 Å². The van der Waals surface area contributed by atoms with Crippen LogP contribution in [0.5, 0.6) is 0 Å². The molecule has 0 unspecified atom stereocenters. The number of aryl methyl sites for hydroxylation is 2. The van der Waals surface area contributed by atoms with Crippen molar-refractivity contribution < 1.29 is 14.4 Å². The van der Waals surface area contributed by atoms with Gasteiger partial charge in [0, 0.05) is 29.3 Å². The number of pyridine rings is 1. The highest BCUT2D eigenvalue weighted by molar-refractivity contribution is 6.08. The van der Waals surface area contributed by atoms with Gasteiger partial charge in [-0.1, -0.05) is 12.1 Å². The second kappa shape index (κ2) is 8.48. The summed E-state index contributed by atoms with van der Waals surface area (Å²) < 4.78 is 0. The number of hydrogen-bond donors (Lipinski definition) is 2. The van der Waals surface area contributed by atoms with Crippen molar-refractivity contribution in [3.63, 3.8) is 0 Å². The van der Waals surface area contributed by atoms with Gasteiger partial charge in [-0.25, -0.2) is 0 Å². The van der Waals surface area contributed by atoms with Gasteiger partial charge in [0.2, 0.25) is 0 Å². The minimum atomic E-state index is -0.394. The van der Waals surface area contributed by atoms with E-state index in [1.165, 1.54) is 25.4 Å². The van der Waals surface area contributed by atoms with Crippen LogP contribution in [0, 0.1) is 13.8 Å². The van der Waals surface area contributed by atoms with Gasteiger partial charge in [0.15, 0.2) is 5.78 Å². The Morgan fingerprint density at radius 1 is 0.759 bits per heavy atom. The number of aromatic nitrogens is 1. The van der Waals surface area contributed by atoms with Crippen molar-refractivity contribution in [2.24, 2.45) is 0 Å². The first-order valence-electron chi connectivity index (χ1n) is 9.09. The van der Waals surface area contributed by atoms with Crippen LogP contribution >= 0.6 is 0 Å². The van der Waals surface area contributed by atoms with E-state index in [9.17, 15) is 14.4 Å². The number of amides is 2. The van der Waals surface area contributed by atoms with E-state index in [4.69, 9.17) is 0 Å². The molecule has 146 valence electrons. The zero-order chi connectivity index (χ0) is 21.0. The smallest absolute Gasteiger partial charge is 0.257 e. The van der Waals surface area contributed by atoms with Crippen molar-refractivity contribution in [1.82, 2.24) is 4.98 Å². The lowest BCUT2D eigenvalue weighted by molar-refractivity contribution is 0.101. The van der Waals surface area contributed by atoms with Crippen molar-refractivity contribution in [2.75, 3.05) is 10.6 Å². The molecule has 0 aliphatic rings. The highest BCUT2D eigenvalue weighted by atomic mass is 16.2. The quantitative estimate of drug-likeness (QED) is 0.635. The summed E-state index contributed by atoms with van der Waals surface area (Å²) in [6, 6.07) is 13.9. The Morgan fingerprint density at radius 3 is 2.00 bits per heavy atom. The summed E-state index contributed by atoms with van der Waals surface area (Å²) in [5.41, 5.74) is 4.35. The molecule has 0 spiro atoms. The predicted molar refractivity (Wildman–Crippen MR) is 113 cm³/mol. The molecule has 0 aliphatic carbocycles. The zero-order valence-electron chi connectivity index (χ0n) is 16.4. The maximum atomic E-state index is 12.6. The first-order chi connectivity index (χ1) is 13.8. The molecule has 3 rings (SSSR count). The molecule has 0 saturated heterocycles. The number of nitrogens with zero attached hydrogens (tertiary/aromatic N) is 1. The maximum absolute atomic E-state index is 12.6. The summed E-state index contributed by atoms with van der Waals surface area (Å²) in [4.78, 5) is 40.5. The number of nitrogens with one attached hydrogen (secondary N) is 2. The second-order valence-corrected chi connectivity index (χ2v) is 6.82. The van der Waals surface area contributed by atoms with Gasteiger partial charge < -0.3 is 10.6 Å². The van der Waals surface area contributed by atoms with Crippen LogP contribution in [0.25, 0.3) is 0 Å². The van der Waals surface area contributed by atoms with E-state index in [2.05, 4.69) is 15.6 Å². The minimum absolute atomic E-state index is 0.0466. The average Bonchev–Trinajstić information content (AvgIpc) is 2.71. The van der Waals surface area contributed by atoms with E-state index < -0.39 is 5.91 Å². The third kappa shape index (κ3) is 4.93. The Bertz CT molecular complexity index is 1090. The largest absolute Gasteiger partial charge is 0.322 e. The zero-order valence-corrected chi connectivity index (χ0v) is 16.4. The van der Waals surface area contributed by atoms with Gasteiger partial charge in [0.25, 0.3) is 11.8 Å².